The largest absolute Gasteiger partial charge is 0.310 e. The molecule has 1 N–H and O–H groups in total. The smallest absolute Gasteiger partial charge is 0.151 e. The molecule has 16 heavy (non-hydrogen) atoms. The van der Waals surface area contributed by atoms with Gasteiger partial charge in [-0.05, 0) is 38.3 Å². The molecule has 4 unspecified atom stereocenters. The molecular weight excluding hydrogens is 224 g/mol. The molecule has 0 amide bonds. The van der Waals surface area contributed by atoms with Crippen molar-refractivity contribution in [3.63, 3.8) is 0 Å². The van der Waals surface area contributed by atoms with Crippen molar-refractivity contribution in [3.8, 4) is 0 Å². The summed E-state index contributed by atoms with van der Waals surface area (Å²) in [6, 6.07) is 0.791. The Labute approximate surface area is 97.3 Å². The fourth-order valence-corrected chi connectivity index (χ4v) is 5.09. The quantitative estimate of drug-likeness (QED) is 0.734. The Morgan fingerprint density at radius 3 is 2.69 bits per heavy atom. The molecule has 3 aliphatic rings. The predicted octanol–water partition coefficient (Wildman–Crippen LogP) is -0.143. The van der Waals surface area contributed by atoms with Crippen LogP contribution in [-0.4, -0.2) is 56.5 Å². The van der Waals surface area contributed by atoms with Crippen LogP contribution in [0.5, 0.6) is 0 Å². The van der Waals surface area contributed by atoms with E-state index in [0.29, 0.717) is 17.5 Å². The molecule has 0 spiro atoms. The zero-order chi connectivity index (χ0) is 11.2. The maximum absolute atomic E-state index is 11.4. The highest BCUT2D eigenvalue weighted by Gasteiger charge is 2.37. The SMILES string of the molecule is O=S1(=O)CCC(NC2CCN3CCC2C3)C1. The molecule has 0 aromatic carbocycles. The number of hydrogen-bond donors (Lipinski definition) is 1. The molecule has 3 rings (SSSR count). The number of piperidine rings is 1. The van der Waals surface area contributed by atoms with Gasteiger partial charge in [-0.1, -0.05) is 0 Å². The fraction of sp³-hybridized carbons (Fsp3) is 1.00. The minimum atomic E-state index is -2.73. The molecule has 3 fully saturated rings. The van der Waals surface area contributed by atoms with Crippen LogP contribution in [0.3, 0.4) is 0 Å². The summed E-state index contributed by atoms with van der Waals surface area (Å²) in [6.45, 7) is 3.65. The summed E-state index contributed by atoms with van der Waals surface area (Å²) >= 11 is 0. The van der Waals surface area contributed by atoms with Crippen LogP contribution in [0.1, 0.15) is 19.3 Å². The van der Waals surface area contributed by atoms with E-state index in [0.717, 1.165) is 12.3 Å². The summed E-state index contributed by atoms with van der Waals surface area (Å²) in [4.78, 5) is 2.52. The van der Waals surface area contributed by atoms with Crippen molar-refractivity contribution in [2.45, 2.75) is 31.3 Å². The van der Waals surface area contributed by atoms with Gasteiger partial charge in [-0.3, -0.25) is 0 Å². The van der Waals surface area contributed by atoms with E-state index in [-0.39, 0.29) is 6.04 Å². The third kappa shape index (κ3) is 2.13. The van der Waals surface area contributed by atoms with Gasteiger partial charge in [0.1, 0.15) is 0 Å². The average molecular weight is 244 g/mol. The van der Waals surface area contributed by atoms with Gasteiger partial charge in [-0.15, -0.1) is 0 Å². The minimum Gasteiger partial charge on any atom is -0.310 e. The summed E-state index contributed by atoms with van der Waals surface area (Å²) in [5.41, 5.74) is 0. The summed E-state index contributed by atoms with van der Waals surface area (Å²) < 4.78 is 22.8. The molecule has 0 aromatic heterocycles. The number of rotatable bonds is 2. The second-order valence-corrected chi connectivity index (χ2v) is 7.74. The van der Waals surface area contributed by atoms with E-state index in [2.05, 4.69) is 10.2 Å². The topological polar surface area (TPSA) is 49.4 Å². The Morgan fingerprint density at radius 1 is 1.12 bits per heavy atom. The van der Waals surface area contributed by atoms with E-state index < -0.39 is 9.84 Å². The minimum absolute atomic E-state index is 0.224. The van der Waals surface area contributed by atoms with Crippen LogP contribution in [0.2, 0.25) is 0 Å². The first-order chi connectivity index (χ1) is 7.62. The summed E-state index contributed by atoms with van der Waals surface area (Å²) in [5.74, 6) is 1.51. The maximum Gasteiger partial charge on any atom is 0.151 e. The van der Waals surface area contributed by atoms with E-state index >= 15 is 0 Å². The van der Waals surface area contributed by atoms with Crippen molar-refractivity contribution in [1.82, 2.24) is 10.2 Å². The van der Waals surface area contributed by atoms with Crippen molar-refractivity contribution in [2.24, 2.45) is 5.92 Å². The molecule has 0 aromatic rings. The first-order valence-electron chi connectivity index (χ1n) is 6.31. The zero-order valence-electron chi connectivity index (χ0n) is 9.56. The van der Waals surface area contributed by atoms with Crippen LogP contribution in [0.15, 0.2) is 0 Å². The van der Waals surface area contributed by atoms with Crippen molar-refractivity contribution in [1.29, 1.82) is 0 Å². The monoisotopic (exact) mass is 244 g/mol. The van der Waals surface area contributed by atoms with Gasteiger partial charge < -0.3 is 10.2 Å². The first kappa shape index (κ1) is 11.0. The lowest BCUT2D eigenvalue weighted by molar-refractivity contribution is 0.212. The highest BCUT2D eigenvalue weighted by atomic mass is 32.2. The zero-order valence-corrected chi connectivity index (χ0v) is 10.4. The summed E-state index contributed by atoms with van der Waals surface area (Å²) in [7, 11) is -2.73. The molecule has 5 heteroatoms. The maximum atomic E-state index is 11.4. The molecule has 3 saturated heterocycles. The van der Waals surface area contributed by atoms with E-state index in [4.69, 9.17) is 0 Å². The molecular formula is C11H20N2O2S. The fourth-order valence-electron chi connectivity index (χ4n) is 3.40. The molecule has 4 nitrogen and oxygen atoms in total. The van der Waals surface area contributed by atoms with Crippen molar-refractivity contribution in [3.05, 3.63) is 0 Å². The normalized spacial score (nSPS) is 46.0. The number of fused-ring (bicyclic) bond motifs is 2. The molecule has 2 bridgehead atoms. The van der Waals surface area contributed by atoms with Crippen molar-refractivity contribution in [2.75, 3.05) is 31.1 Å². The molecule has 0 aliphatic carbocycles. The van der Waals surface area contributed by atoms with Crippen LogP contribution < -0.4 is 5.32 Å². The van der Waals surface area contributed by atoms with Gasteiger partial charge in [-0.2, -0.15) is 0 Å². The Hall–Kier alpha value is -0.130. The van der Waals surface area contributed by atoms with Crippen molar-refractivity contribution >= 4 is 9.84 Å². The number of sulfone groups is 1. The lowest BCUT2D eigenvalue weighted by atomic mass is 9.93. The van der Waals surface area contributed by atoms with Gasteiger partial charge >= 0.3 is 0 Å². The summed E-state index contributed by atoms with van der Waals surface area (Å²) in [5, 5.41) is 3.60. The van der Waals surface area contributed by atoms with Gasteiger partial charge in [0, 0.05) is 18.6 Å². The lowest BCUT2D eigenvalue weighted by Crippen LogP contribution is -2.48. The Balaban J connectivity index is 1.59. The Morgan fingerprint density at radius 2 is 1.94 bits per heavy atom. The van der Waals surface area contributed by atoms with Crippen LogP contribution in [0.25, 0.3) is 0 Å². The van der Waals surface area contributed by atoms with Crippen LogP contribution in [0, 0.1) is 5.92 Å². The van der Waals surface area contributed by atoms with E-state index in [1.54, 1.807) is 0 Å². The van der Waals surface area contributed by atoms with E-state index in [9.17, 15) is 8.42 Å². The lowest BCUT2D eigenvalue weighted by Gasteiger charge is -2.32. The van der Waals surface area contributed by atoms with Crippen molar-refractivity contribution < 1.29 is 8.42 Å². The molecule has 0 radical (unpaired) electrons. The Bertz CT molecular complexity index is 368. The Kier molecular flexibility index (Phi) is 2.72. The van der Waals surface area contributed by atoms with Gasteiger partial charge in [0.25, 0.3) is 0 Å². The van der Waals surface area contributed by atoms with Gasteiger partial charge in [0.2, 0.25) is 0 Å². The van der Waals surface area contributed by atoms with Gasteiger partial charge in [0.15, 0.2) is 9.84 Å². The highest BCUT2D eigenvalue weighted by molar-refractivity contribution is 7.91. The van der Waals surface area contributed by atoms with Gasteiger partial charge in [0.05, 0.1) is 11.5 Å². The number of nitrogens with one attached hydrogen (secondary N) is 1. The number of nitrogens with zero attached hydrogens (tertiary/aromatic N) is 1. The molecule has 92 valence electrons. The second kappa shape index (κ2) is 3.96. The molecule has 4 atom stereocenters. The van der Waals surface area contributed by atoms with E-state index in [1.165, 1.54) is 32.5 Å². The first-order valence-corrected chi connectivity index (χ1v) is 8.13. The standard InChI is InChI=1S/C11H20N2O2S/c14-16(15)6-3-10(8-16)12-11-2-5-13-4-1-9(11)7-13/h9-12H,1-8H2. The highest BCUT2D eigenvalue weighted by Crippen LogP contribution is 2.28. The second-order valence-electron chi connectivity index (χ2n) is 5.51. The van der Waals surface area contributed by atoms with Gasteiger partial charge in [-0.25, -0.2) is 8.42 Å². The predicted molar refractivity (Wildman–Crippen MR) is 63.1 cm³/mol. The molecule has 3 heterocycles. The third-order valence-corrected chi connectivity index (χ3v) is 6.08. The average Bonchev–Trinajstić information content (AvgIpc) is 2.76. The van der Waals surface area contributed by atoms with E-state index in [1.807, 2.05) is 0 Å². The van der Waals surface area contributed by atoms with Crippen LogP contribution in [0.4, 0.5) is 0 Å². The van der Waals surface area contributed by atoms with Crippen LogP contribution in [-0.2, 0) is 9.84 Å². The summed E-state index contributed by atoms with van der Waals surface area (Å²) in [6.07, 6.45) is 3.30. The van der Waals surface area contributed by atoms with Crippen LogP contribution >= 0.6 is 0 Å². The third-order valence-electron chi connectivity index (χ3n) is 4.32. The molecule has 3 aliphatic heterocycles. The number of hydrogen-bond acceptors (Lipinski definition) is 4. The molecule has 0 saturated carbocycles.